The van der Waals surface area contributed by atoms with Crippen LogP contribution < -0.4 is 0 Å². The Morgan fingerprint density at radius 2 is 2.00 bits per heavy atom. The minimum Gasteiger partial charge on any atom is -0.481 e. The highest BCUT2D eigenvalue weighted by atomic mass is 16.4. The highest BCUT2D eigenvalue weighted by molar-refractivity contribution is 5.76. The molecule has 1 heterocycles. The van der Waals surface area contributed by atoms with Gasteiger partial charge in [0, 0.05) is 17.3 Å². The molecule has 0 aliphatic carbocycles. The molecule has 1 unspecified atom stereocenters. The minimum absolute atomic E-state index is 0.263. The maximum atomic E-state index is 11.2. The Hall–Kier alpha value is -1.32. The molecule has 0 radical (unpaired) electrons. The zero-order chi connectivity index (χ0) is 12.5. The molecule has 0 fully saturated rings. The average molecular weight is 224 g/mol. The Labute approximate surface area is 96.3 Å². The number of carboxylic acid groups (broad SMARTS) is 1. The van der Waals surface area contributed by atoms with E-state index in [1.165, 1.54) is 0 Å². The van der Waals surface area contributed by atoms with E-state index in [0.717, 1.165) is 17.0 Å². The van der Waals surface area contributed by atoms with Crippen LogP contribution in [0.25, 0.3) is 0 Å². The van der Waals surface area contributed by atoms with Gasteiger partial charge in [-0.1, -0.05) is 6.92 Å². The molecule has 16 heavy (non-hydrogen) atoms. The number of carboxylic acids is 1. The van der Waals surface area contributed by atoms with Gasteiger partial charge in [0.05, 0.1) is 11.6 Å². The van der Waals surface area contributed by atoms with Crippen molar-refractivity contribution in [2.75, 3.05) is 0 Å². The molecule has 4 nitrogen and oxygen atoms in total. The van der Waals surface area contributed by atoms with Crippen LogP contribution in [0, 0.1) is 13.8 Å². The predicted molar refractivity (Wildman–Crippen MR) is 62.8 cm³/mol. The number of hydrogen-bond donors (Lipinski definition) is 1. The quantitative estimate of drug-likeness (QED) is 0.855. The Bertz CT molecular complexity index is 394. The van der Waals surface area contributed by atoms with E-state index >= 15 is 0 Å². The van der Waals surface area contributed by atoms with Crippen molar-refractivity contribution in [3.05, 3.63) is 17.0 Å². The summed E-state index contributed by atoms with van der Waals surface area (Å²) in [6.07, 6.45) is 0.598. The maximum absolute atomic E-state index is 11.2. The van der Waals surface area contributed by atoms with E-state index < -0.39 is 11.9 Å². The standard InChI is InChI=1S/C12H20N2O2/c1-6-10(12(15)16)11-8(4)13-14(7(2)3)9(11)5/h7,10H,6H2,1-5H3,(H,15,16). The van der Waals surface area contributed by atoms with E-state index in [2.05, 4.69) is 5.10 Å². The summed E-state index contributed by atoms with van der Waals surface area (Å²) in [4.78, 5) is 11.2. The van der Waals surface area contributed by atoms with Crippen molar-refractivity contribution in [3.63, 3.8) is 0 Å². The van der Waals surface area contributed by atoms with Gasteiger partial charge in [-0.05, 0) is 34.1 Å². The van der Waals surface area contributed by atoms with Gasteiger partial charge in [-0.15, -0.1) is 0 Å². The van der Waals surface area contributed by atoms with Gasteiger partial charge >= 0.3 is 5.97 Å². The summed E-state index contributed by atoms with van der Waals surface area (Å²) in [5.41, 5.74) is 2.69. The van der Waals surface area contributed by atoms with Gasteiger partial charge in [-0.3, -0.25) is 9.48 Å². The Balaban J connectivity index is 3.28. The number of aryl methyl sites for hydroxylation is 1. The summed E-state index contributed by atoms with van der Waals surface area (Å²) >= 11 is 0. The van der Waals surface area contributed by atoms with E-state index in [1.807, 2.05) is 39.3 Å². The number of hydrogen-bond acceptors (Lipinski definition) is 2. The fraction of sp³-hybridized carbons (Fsp3) is 0.667. The SMILES string of the molecule is CCC(C(=O)O)c1c(C)nn(C(C)C)c1C. The number of carbonyl (C=O) groups is 1. The second-order valence-corrected chi connectivity index (χ2v) is 4.42. The summed E-state index contributed by atoms with van der Waals surface area (Å²) in [7, 11) is 0. The summed E-state index contributed by atoms with van der Waals surface area (Å²) in [6, 6.07) is 0.263. The largest absolute Gasteiger partial charge is 0.481 e. The Morgan fingerprint density at radius 3 is 2.31 bits per heavy atom. The fourth-order valence-corrected chi connectivity index (χ4v) is 2.18. The van der Waals surface area contributed by atoms with Crippen LogP contribution in [0.3, 0.4) is 0 Å². The van der Waals surface area contributed by atoms with E-state index in [9.17, 15) is 9.90 Å². The normalized spacial score (nSPS) is 13.1. The van der Waals surface area contributed by atoms with E-state index in [4.69, 9.17) is 0 Å². The maximum Gasteiger partial charge on any atom is 0.311 e. The third-order valence-electron chi connectivity index (χ3n) is 2.92. The van der Waals surface area contributed by atoms with Crippen LogP contribution in [0.5, 0.6) is 0 Å². The Kier molecular flexibility index (Phi) is 3.73. The van der Waals surface area contributed by atoms with E-state index in [-0.39, 0.29) is 6.04 Å². The van der Waals surface area contributed by atoms with Gasteiger partial charge in [0.1, 0.15) is 0 Å². The van der Waals surface area contributed by atoms with Crippen molar-refractivity contribution in [3.8, 4) is 0 Å². The molecule has 0 bridgehead atoms. The lowest BCUT2D eigenvalue weighted by Gasteiger charge is -2.12. The van der Waals surface area contributed by atoms with Crippen molar-refractivity contribution in [1.82, 2.24) is 9.78 Å². The predicted octanol–water partition coefficient (Wildman–Crippen LogP) is 2.66. The Morgan fingerprint density at radius 1 is 1.44 bits per heavy atom. The molecule has 0 aliphatic heterocycles. The average Bonchev–Trinajstić information content (AvgIpc) is 2.46. The highest BCUT2D eigenvalue weighted by Crippen LogP contribution is 2.27. The van der Waals surface area contributed by atoms with Gasteiger partial charge < -0.3 is 5.11 Å². The molecule has 4 heteroatoms. The molecule has 0 amide bonds. The molecule has 1 aromatic rings. The number of aliphatic carboxylic acids is 1. The monoisotopic (exact) mass is 224 g/mol. The number of nitrogens with zero attached hydrogens (tertiary/aromatic N) is 2. The molecule has 1 atom stereocenters. The molecule has 0 saturated heterocycles. The number of aromatic nitrogens is 2. The molecule has 0 aliphatic rings. The van der Waals surface area contributed by atoms with Crippen LogP contribution >= 0.6 is 0 Å². The first kappa shape index (κ1) is 12.7. The molecule has 0 spiro atoms. The molecule has 0 saturated carbocycles. The van der Waals surface area contributed by atoms with Crippen LogP contribution in [0.2, 0.25) is 0 Å². The molecule has 1 rings (SSSR count). The first-order chi connectivity index (χ1) is 7.40. The topological polar surface area (TPSA) is 55.1 Å². The molecule has 1 aromatic heterocycles. The molecule has 1 N–H and O–H groups in total. The minimum atomic E-state index is -0.767. The van der Waals surface area contributed by atoms with Gasteiger partial charge in [0.2, 0.25) is 0 Å². The molecule has 0 aromatic carbocycles. The third kappa shape index (κ3) is 2.10. The second kappa shape index (κ2) is 4.68. The summed E-state index contributed by atoms with van der Waals surface area (Å²) in [6.45, 7) is 9.81. The summed E-state index contributed by atoms with van der Waals surface area (Å²) in [5, 5.41) is 13.6. The van der Waals surface area contributed by atoms with Crippen molar-refractivity contribution in [2.45, 2.75) is 53.0 Å². The van der Waals surface area contributed by atoms with Gasteiger partial charge in [-0.25, -0.2) is 0 Å². The second-order valence-electron chi connectivity index (χ2n) is 4.42. The summed E-state index contributed by atoms with van der Waals surface area (Å²) < 4.78 is 1.90. The van der Waals surface area contributed by atoms with Crippen LogP contribution in [0.4, 0.5) is 0 Å². The number of rotatable bonds is 4. The molecule has 90 valence electrons. The first-order valence-electron chi connectivity index (χ1n) is 5.68. The van der Waals surface area contributed by atoms with Crippen LogP contribution in [-0.2, 0) is 4.79 Å². The van der Waals surface area contributed by atoms with Crippen molar-refractivity contribution in [2.24, 2.45) is 0 Å². The zero-order valence-corrected chi connectivity index (χ0v) is 10.6. The van der Waals surface area contributed by atoms with Crippen molar-refractivity contribution < 1.29 is 9.90 Å². The van der Waals surface area contributed by atoms with Gasteiger partial charge in [0.25, 0.3) is 0 Å². The first-order valence-corrected chi connectivity index (χ1v) is 5.68. The lowest BCUT2D eigenvalue weighted by Crippen LogP contribution is -2.13. The van der Waals surface area contributed by atoms with Crippen LogP contribution in [0.15, 0.2) is 0 Å². The molecular weight excluding hydrogens is 204 g/mol. The van der Waals surface area contributed by atoms with Gasteiger partial charge in [-0.2, -0.15) is 5.10 Å². The lowest BCUT2D eigenvalue weighted by atomic mass is 9.95. The van der Waals surface area contributed by atoms with Gasteiger partial charge in [0.15, 0.2) is 0 Å². The lowest BCUT2D eigenvalue weighted by molar-refractivity contribution is -0.138. The third-order valence-corrected chi connectivity index (χ3v) is 2.92. The van der Waals surface area contributed by atoms with Crippen LogP contribution in [-0.4, -0.2) is 20.9 Å². The zero-order valence-electron chi connectivity index (χ0n) is 10.6. The highest BCUT2D eigenvalue weighted by Gasteiger charge is 2.25. The fourth-order valence-electron chi connectivity index (χ4n) is 2.18. The smallest absolute Gasteiger partial charge is 0.311 e. The molecular formula is C12H20N2O2. The van der Waals surface area contributed by atoms with E-state index in [1.54, 1.807) is 0 Å². The summed E-state index contributed by atoms with van der Waals surface area (Å²) in [5.74, 6) is -1.20. The van der Waals surface area contributed by atoms with Crippen molar-refractivity contribution in [1.29, 1.82) is 0 Å². The van der Waals surface area contributed by atoms with Crippen molar-refractivity contribution >= 4 is 5.97 Å². The van der Waals surface area contributed by atoms with Crippen LogP contribution in [0.1, 0.15) is 56.1 Å². The van der Waals surface area contributed by atoms with E-state index in [0.29, 0.717) is 6.42 Å².